The second kappa shape index (κ2) is 5.71. The first kappa shape index (κ1) is 12.6. The average molecular weight is 276 g/mol. The molecule has 2 aromatic rings. The van der Waals surface area contributed by atoms with Crippen molar-refractivity contribution in [2.45, 2.75) is 31.1 Å². The molecule has 19 heavy (non-hydrogen) atoms. The molecule has 0 saturated carbocycles. The number of thioether (sulfide) groups is 1. The minimum absolute atomic E-state index is 0.370. The Morgan fingerprint density at radius 1 is 1.37 bits per heavy atom. The highest BCUT2D eigenvalue weighted by Crippen LogP contribution is 2.37. The van der Waals surface area contributed by atoms with E-state index in [9.17, 15) is 0 Å². The Morgan fingerprint density at radius 3 is 3.00 bits per heavy atom. The number of hydrogen-bond acceptors (Lipinski definition) is 6. The van der Waals surface area contributed by atoms with Crippen molar-refractivity contribution in [1.29, 1.82) is 0 Å². The van der Waals surface area contributed by atoms with Gasteiger partial charge in [-0.25, -0.2) is 0 Å². The van der Waals surface area contributed by atoms with Crippen molar-refractivity contribution in [3.63, 3.8) is 0 Å². The van der Waals surface area contributed by atoms with Crippen LogP contribution in [0.25, 0.3) is 11.6 Å². The van der Waals surface area contributed by atoms with Gasteiger partial charge in [-0.05, 0) is 30.2 Å². The van der Waals surface area contributed by atoms with Crippen LogP contribution in [0.3, 0.4) is 0 Å². The zero-order valence-electron chi connectivity index (χ0n) is 10.6. The van der Waals surface area contributed by atoms with Crippen molar-refractivity contribution in [2.75, 3.05) is 5.75 Å². The van der Waals surface area contributed by atoms with Crippen molar-refractivity contribution in [3.8, 4) is 11.6 Å². The minimum atomic E-state index is 0.370. The number of hydrogen-bond donors (Lipinski definition) is 1. The molecule has 5 nitrogen and oxygen atoms in total. The molecule has 0 spiro atoms. The predicted molar refractivity (Wildman–Crippen MR) is 74.5 cm³/mol. The number of rotatable bonds is 3. The third kappa shape index (κ3) is 2.79. The molecule has 1 fully saturated rings. The molecular formula is C13H16N4OS. The van der Waals surface area contributed by atoms with Gasteiger partial charge in [0.2, 0.25) is 0 Å². The molecule has 1 saturated heterocycles. The van der Waals surface area contributed by atoms with Gasteiger partial charge in [-0.1, -0.05) is 17.6 Å². The van der Waals surface area contributed by atoms with E-state index in [0.717, 1.165) is 17.8 Å². The van der Waals surface area contributed by atoms with Crippen LogP contribution in [0.2, 0.25) is 0 Å². The van der Waals surface area contributed by atoms with Crippen LogP contribution < -0.4 is 5.73 Å². The molecule has 1 aliphatic heterocycles. The maximum absolute atomic E-state index is 5.55. The number of pyridine rings is 1. The summed E-state index contributed by atoms with van der Waals surface area (Å²) in [7, 11) is 0. The molecule has 0 aliphatic carbocycles. The van der Waals surface area contributed by atoms with Gasteiger partial charge in [-0.2, -0.15) is 16.7 Å². The van der Waals surface area contributed by atoms with Gasteiger partial charge in [0.25, 0.3) is 5.89 Å². The van der Waals surface area contributed by atoms with E-state index in [0.29, 0.717) is 23.4 Å². The zero-order chi connectivity index (χ0) is 13.1. The molecule has 2 aromatic heterocycles. The summed E-state index contributed by atoms with van der Waals surface area (Å²) >= 11 is 1.91. The molecule has 0 bridgehead atoms. The van der Waals surface area contributed by atoms with E-state index in [4.69, 9.17) is 10.3 Å². The van der Waals surface area contributed by atoms with Crippen LogP contribution in [0.15, 0.2) is 22.9 Å². The Morgan fingerprint density at radius 2 is 2.32 bits per heavy atom. The van der Waals surface area contributed by atoms with Crippen LogP contribution in [-0.2, 0) is 6.54 Å². The second-order valence-electron chi connectivity index (χ2n) is 4.57. The zero-order valence-corrected chi connectivity index (χ0v) is 11.4. The van der Waals surface area contributed by atoms with Gasteiger partial charge in [0.15, 0.2) is 5.82 Å². The van der Waals surface area contributed by atoms with Gasteiger partial charge in [-0.15, -0.1) is 0 Å². The Hall–Kier alpha value is -1.40. The molecule has 0 amide bonds. The molecule has 0 radical (unpaired) electrons. The van der Waals surface area contributed by atoms with Crippen molar-refractivity contribution >= 4 is 11.8 Å². The van der Waals surface area contributed by atoms with Gasteiger partial charge in [0.1, 0.15) is 5.69 Å². The van der Waals surface area contributed by atoms with Crippen LogP contribution in [0, 0.1) is 0 Å². The first-order valence-corrected chi connectivity index (χ1v) is 7.52. The van der Waals surface area contributed by atoms with Crippen LogP contribution in [0.4, 0.5) is 0 Å². The van der Waals surface area contributed by atoms with Gasteiger partial charge >= 0.3 is 0 Å². The molecule has 0 aromatic carbocycles. The molecule has 3 heterocycles. The normalized spacial score (nSPS) is 19.5. The molecular weight excluding hydrogens is 260 g/mol. The lowest BCUT2D eigenvalue weighted by atomic mass is 10.2. The first-order chi connectivity index (χ1) is 9.36. The van der Waals surface area contributed by atoms with E-state index < -0.39 is 0 Å². The summed E-state index contributed by atoms with van der Waals surface area (Å²) in [5.41, 5.74) is 7.24. The molecule has 1 atom stereocenters. The maximum Gasteiger partial charge on any atom is 0.276 e. The Kier molecular flexibility index (Phi) is 3.79. The minimum Gasteiger partial charge on any atom is -0.332 e. The van der Waals surface area contributed by atoms with E-state index in [-0.39, 0.29) is 0 Å². The van der Waals surface area contributed by atoms with E-state index in [2.05, 4.69) is 15.1 Å². The fourth-order valence-electron chi connectivity index (χ4n) is 2.09. The molecule has 3 rings (SSSR count). The summed E-state index contributed by atoms with van der Waals surface area (Å²) in [6, 6.07) is 3.80. The van der Waals surface area contributed by atoms with Crippen LogP contribution >= 0.6 is 11.8 Å². The quantitative estimate of drug-likeness (QED) is 0.928. The standard InChI is InChI=1S/C13H16N4OS/c14-7-9-4-5-10(15-8-9)13-16-12(17-18-13)11-3-1-2-6-19-11/h4-5,8,11H,1-3,6-7,14H2. The van der Waals surface area contributed by atoms with Crippen LogP contribution in [0.1, 0.15) is 35.9 Å². The summed E-state index contributed by atoms with van der Waals surface area (Å²) in [5, 5.41) is 4.46. The van der Waals surface area contributed by atoms with E-state index in [1.54, 1.807) is 6.20 Å². The molecule has 6 heteroatoms. The van der Waals surface area contributed by atoms with Gasteiger partial charge in [0.05, 0.1) is 5.25 Å². The lowest BCUT2D eigenvalue weighted by Gasteiger charge is -2.17. The maximum atomic E-state index is 5.55. The van der Waals surface area contributed by atoms with E-state index >= 15 is 0 Å². The summed E-state index contributed by atoms with van der Waals surface area (Å²) in [5.74, 6) is 2.46. The lowest BCUT2D eigenvalue weighted by Crippen LogP contribution is -2.03. The second-order valence-corrected chi connectivity index (χ2v) is 5.88. The number of nitrogens with two attached hydrogens (primary N) is 1. The lowest BCUT2D eigenvalue weighted by molar-refractivity contribution is 0.419. The third-order valence-electron chi connectivity index (χ3n) is 3.19. The Bertz CT molecular complexity index is 534. The first-order valence-electron chi connectivity index (χ1n) is 6.47. The monoisotopic (exact) mass is 276 g/mol. The van der Waals surface area contributed by atoms with Crippen molar-refractivity contribution < 1.29 is 4.52 Å². The fourth-order valence-corrected chi connectivity index (χ4v) is 3.32. The fraction of sp³-hybridized carbons (Fsp3) is 0.462. The SMILES string of the molecule is NCc1ccc(-c2nc(C3CCCCS3)no2)nc1. The van der Waals surface area contributed by atoms with Crippen molar-refractivity contribution in [2.24, 2.45) is 5.73 Å². The summed E-state index contributed by atoms with van der Waals surface area (Å²) in [6.45, 7) is 0.487. The van der Waals surface area contributed by atoms with Gasteiger partial charge < -0.3 is 10.3 Å². The predicted octanol–water partition coefficient (Wildman–Crippen LogP) is 2.55. The van der Waals surface area contributed by atoms with Crippen molar-refractivity contribution in [1.82, 2.24) is 15.1 Å². The third-order valence-corrected chi connectivity index (χ3v) is 4.56. The molecule has 1 aliphatic rings. The summed E-state index contributed by atoms with van der Waals surface area (Å²) < 4.78 is 5.31. The summed E-state index contributed by atoms with van der Waals surface area (Å²) in [6.07, 6.45) is 5.40. The molecule has 2 N–H and O–H groups in total. The number of aromatic nitrogens is 3. The highest BCUT2D eigenvalue weighted by Gasteiger charge is 2.22. The molecule has 1 unspecified atom stereocenters. The van der Waals surface area contributed by atoms with Crippen molar-refractivity contribution in [3.05, 3.63) is 29.7 Å². The molecule has 100 valence electrons. The van der Waals surface area contributed by atoms with E-state index in [1.165, 1.54) is 18.6 Å². The average Bonchev–Trinajstić information content (AvgIpc) is 2.98. The Labute approximate surface area is 116 Å². The smallest absolute Gasteiger partial charge is 0.276 e. The topological polar surface area (TPSA) is 77.8 Å². The Balaban J connectivity index is 1.79. The summed E-state index contributed by atoms with van der Waals surface area (Å²) in [4.78, 5) is 8.76. The van der Waals surface area contributed by atoms with Gasteiger partial charge in [-0.3, -0.25) is 4.98 Å². The highest BCUT2D eigenvalue weighted by atomic mass is 32.2. The van der Waals surface area contributed by atoms with Crippen LogP contribution in [0.5, 0.6) is 0 Å². The van der Waals surface area contributed by atoms with Crippen LogP contribution in [-0.4, -0.2) is 20.9 Å². The highest BCUT2D eigenvalue weighted by molar-refractivity contribution is 7.99. The van der Waals surface area contributed by atoms with E-state index in [1.807, 2.05) is 23.9 Å². The number of nitrogens with zero attached hydrogens (tertiary/aromatic N) is 3. The largest absolute Gasteiger partial charge is 0.332 e. The van der Waals surface area contributed by atoms with Gasteiger partial charge in [0, 0.05) is 12.7 Å².